The average Bonchev–Trinajstić information content (AvgIpc) is 3.23. The van der Waals surface area contributed by atoms with Crippen molar-refractivity contribution in [2.24, 2.45) is 5.73 Å². The van der Waals surface area contributed by atoms with Crippen molar-refractivity contribution < 1.29 is 33.2 Å². The number of hydrogen-bond acceptors (Lipinski definition) is 9. The lowest BCUT2D eigenvalue weighted by molar-refractivity contribution is -0.384. The Kier molecular flexibility index (Phi) is 7.70. The van der Waals surface area contributed by atoms with Crippen LogP contribution in [0.25, 0.3) is 5.69 Å². The summed E-state index contributed by atoms with van der Waals surface area (Å²) < 4.78 is 25.5. The summed E-state index contributed by atoms with van der Waals surface area (Å²) in [6, 6.07) is 11.0. The first-order valence-electron chi connectivity index (χ1n) is 12.2. The summed E-state index contributed by atoms with van der Waals surface area (Å²) in [5.74, 6) is -1.25. The van der Waals surface area contributed by atoms with E-state index in [2.05, 4.69) is 5.10 Å². The van der Waals surface area contributed by atoms with Gasteiger partial charge in [0.15, 0.2) is 0 Å². The molecule has 2 amide bonds. The van der Waals surface area contributed by atoms with Crippen molar-refractivity contribution >= 4 is 29.8 Å². The molecule has 13 nitrogen and oxygen atoms in total. The van der Waals surface area contributed by atoms with Gasteiger partial charge in [-0.2, -0.15) is 0 Å². The molecule has 210 valence electrons. The summed E-state index contributed by atoms with van der Waals surface area (Å²) >= 11 is 0. The first-order chi connectivity index (χ1) is 18.9. The van der Waals surface area contributed by atoms with Crippen LogP contribution in [0.1, 0.15) is 31.3 Å². The van der Waals surface area contributed by atoms with E-state index < -0.39 is 45.8 Å². The van der Waals surface area contributed by atoms with Gasteiger partial charge in [0.05, 0.1) is 23.2 Å². The minimum absolute atomic E-state index is 0.116. The Morgan fingerprint density at radius 1 is 1.20 bits per heavy atom. The van der Waals surface area contributed by atoms with Crippen LogP contribution in [0.5, 0.6) is 11.5 Å². The van der Waals surface area contributed by atoms with Gasteiger partial charge < -0.3 is 29.8 Å². The number of aldehydes is 1. The Bertz CT molecular complexity index is 1440. The Balaban J connectivity index is 1.66. The van der Waals surface area contributed by atoms with Gasteiger partial charge in [0.25, 0.3) is 5.91 Å². The van der Waals surface area contributed by atoms with Gasteiger partial charge in [-0.25, -0.2) is 13.9 Å². The van der Waals surface area contributed by atoms with Gasteiger partial charge in [0.2, 0.25) is 11.5 Å². The van der Waals surface area contributed by atoms with Crippen LogP contribution in [0.2, 0.25) is 0 Å². The molecule has 1 aliphatic heterocycles. The largest absolute Gasteiger partial charge is 0.457 e. The Labute approximate surface area is 228 Å². The summed E-state index contributed by atoms with van der Waals surface area (Å²) in [5.41, 5.74) is 3.90. The van der Waals surface area contributed by atoms with E-state index in [1.165, 1.54) is 52.3 Å². The van der Waals surface area contributed by atoms with E-state index >= 15 is 0 Å². The molecule has 14 heteroatoms. The zero-order valence-electron chi connectivity index (χ0n) is 21.9. The third-order valence-electron chi connectivity index (χ3n) is 5.87. The minimum Gasteiger partial charge on any atom is -0.457 e. The summed E-state index contributed by atoms with van der Waals surface area (Å²) in [6.07, 6.45) is -0.0188. The van der Waals surface area contributed by atoms with Crippen molar-refractivity contribution in [2.45, 2.75) is 32.4 Å². The number of hydrogen-bond donors (Lipinski definition) is 1. The summed E-state index contributed by atoms with van der Waals surface area (Å²) in [6.45, 7) is 5.12. The number of amides is 2. The molecule has 0 spiro atoms. The SMILES string of the molecule is CC(C)(C)OC(=O)N1CC(N(CC=O)c2nn(-c3ccc(Oc4cccc(F)c4)cc3)c(C(N)=O)c2[N+](=O)[O-])C1. The number of ether oxygens (including phenoxy) is 2. The molecule has 0 saturated carbocycles. The van der Waals surface area contributed by atoms with Gasteiger partial charge in [0.1, 0.15) is 29.2 Å². The fraction of sp³-hybridized carbons (Fsp3) is 0.308. The second-order valence-electron chi connectivity index (χ2n) is 9.97. The third-order valence-corrected chi connectivity index (χ3v) is 5.87. The van der Waals surface area contributed by atoms with E-state index in [1.807, 2.05) is 0 Å². The molecule has 2 N–H and O–H groups in total. The highest BCUT2D eigenvalue weighted by Crippen LogP contribution is 2.36. The minimum atomic E-state index is -1.11. The maximum Gasteiger partial charge on any atom is 0.410 e. The molecule has 0 aliphatic carbocycles. The van der Waals surface area contributed by atoms with E-state index in [0.29, 0.717) is 12.0 Å². The fourth-order valence-corrected chi connectivity index (χ4v) is 4.11. The molecule has 1 aliphatic rings. The van der Waals surface area contributed by atoms with Gasteiger partial charge in [-0.3, -0.25) is 14.9 Å². The van der Waals surface area contributed by atoms with Crippen molar-refractivity contribution in [3.8, 4) is 17.2 Å². The van der Waals surface area contributed by atoms with Gasteiger partial charge >= 0.3 is 11.8 Å². The van der Waals surface area contributed by atoms with Crippen LogP contribution in [0.4, 0.5) is 20.7 Å². The van der Waals surface area contributed by atoms with Crippen molar-refractivity contribution in [1.29, 1.82) is 0 Å². The molecule has 2 aromatic carbocycles. The Morgan fingerprint density at radius 3 is 2.42 bits per heavy atom. The molecule has 0 bridgehead atoms. The zero-order valence-corrected chi connectivity index (χ0v) is 21.9. The standard InChI is InChI=1S/C26H27FN6O7/c1-26(2,3)40-25(36)30-14-18(15-30)31(11-12-34)24-22(33(37)38)21(23(28)35)32(29-24)17-7-9-19(10-8-17)39-20-6-4-5-16(27)13-20/h4-10,12-13,18H,11,14-15H2,1-3H3,(H2,28,35). The van der Waals surface area contributed by atoms with Gasteiger partial charge in [0, 0.05) is 19.2 Å². The van der Waals surface area contributed by atoms with Gasteiger partial charge in [-0.05, 0) is 57.2 Å². The number of rotatable bonds is 9. The van der Waals surface area contributed by atoms with Crippen LogP contribution >= 0.6 is 0 Å². The highest BCUT2D eigenvalue weighted by atomic mass is 19.1. The van der Waals surface area contributed by atoms with E-state index in [9.17, 15) is 28.9 Å². The van der Waals surface area contributed by atoms with Crippen LogP contribution in [0, 0.1) is 15.9 Å². The lowest BCUT2D eigenvalue weighted by Gasteiger charge is -2.44. The molecule has 1 fully saturated rings. The number of primary amides is 1. The fourth-order valence-electron chi connectivity index (χ4n) is 4.11. The van der Waals surface area contributed by atoms with E-state index in [4.69, 9.17) is 15.2 Å². The van der Waals surface area contributed by atoms with Crippen LogP contribution in [0.15, 0.2) is 48.5 Å². The van der Waals surface area contributed by atoms with E-state index in [-0.39, 0.29) is 36.9 Å². The van der Waals surface area contributed by atoms with Crippen molar-refractivity contribution in [3.05, 3.63) is 70.2 Å². The number of likely N-dealkylation sites (tertiary alicyclic amines) is 1. The lowest BCUT2D eigenvalue weighted by atomic mass is 10.1. The second-order valence-corrected chi connectivity index (χ2v) is 9.97. The van der Waals surface area contributed by atoms with Crippen molar-refractivity contribution in [3.63, 3.8) is 0 Å². The summed E-state index contributed by atoms with van der Waals surface area (Å²) in [7, 11) is 0. The number of nitrogens with zero attached hydrogens (tertiary/aromatic N) is 5. The number of anilines is 1. The van der Waals surface area contributed by atoms with Crippen molar-refractivity contribution in [2.75, 3.05) is 24.5 Å². The molecule has 4 rings (SSSR count). The lowest BCUT2D eigenvalue weighted by Crippen LogP contribution is -2.62. The monoisotopic (exact) mass is 554 g/mol. The average molecular weight is 555 g/mol. The van der Waals surface area contributed by atoms with Gasteiger partial charge in [-0.1, -0.05) is 6.07 Å². The number of nitro groups is 1. The second kappa shape index (κ2) is 11.0. The maximum atomic E-state index is 13.5. The van der Waals surface area contributed by atoms with Crippen LogP contribution in [-0.4, -0.2) is 69.2 Å². The molecule has 40 heavy (non-hydrogen) atoms. The first-order valence-corrected chi connectivity index (χ1v) is 12.2. The molecule has 0 unspecified atom stereocenters. The van der Waals surface area contributed by atoms with Crippen LogP contribution in [-0.2, 0) is 9.53 Å². The van der Waals surface area contributed by atoms with Crippen LogP contribution in [0.3, 0.4) is 0 Å². The van der Waals surface area contributed by atoms with Gasteiger partial charge in [-0.15, -0.1) is 5.10 Å². The molecular weight excluding hydrogens is 527 g/mol. The predicted molar refractivity (Wildman–Crippen MR) is 140 cm³/mol. The molecule has 1 saturated heterocycles. The number of nitrogens with two attached hydrogens (primary N) is 1. The molecule has 1 aromatic heterocycles. The molecule has 0 radical (unpaired) electrons. The van der Waals surface area contributed by atoms with Crippen molar-refractivity contribution in [1.82, 2.24) is 14.7 Å². The first kappa shape index (κ1) is 28.0. The highest BCUT2D eigenvalue weighted by Gasteiger charge is 2.42. The number of halogens is 1. The molecule has 0 atom stereocenters. The zero-order chi connectivity index (χ0) is 29.2. The number of aromatic nitrogens is 2. The summed E-state index contributed by atoms with van der Waals surface area (Å²) in [4.78, 5) is 50.4. The molecular formula is C26H27FN6O7. The normalized spacial score (nSPS) is 13.3. The topological polar surface area (TPSA) is 163 Å². The van der Waals surface area contributed by atoms with E-state index in [1.54, 1.807) is 26.8 Å². The smallest absolute Gasteiger partial charge is 0.410 e. The Hall–Kier alpha value is -5.01. The molecule has 3 aromatic rings. The predicted octanol–water partition coefficient (Wildman–Crippen LogP) is 3.44. The Morgan fingerprint density at radius 2 is 1.88 bits per heavy atom. The summed E-state index contributed by atoms with van der Waals surface area (Å²) in [5, 5.41) is 16.5. The molecule has 2 heterocycles. The quantitative estimate of drug-likeness (QED) is 0.237. The number of carbonyl (C=O) groups is 3. The number of carbonyl (C=O) groups excluding carboxylic acids is 3. The van der Waals surface area contributed by atoms with E-state index in [0.717, 1.165) is 4.68 Å². The highest BCUT2D eigenvalue weighted by molar-refractivity contribution is 5.98. The third kappa shape index (κ3) is 6.00. The van der Waals surface area contributed by atoms with Crippen LogP contribution < -0.4 is 15.4 Å². The number of benzene rings is 2. The maximum absolute atomic E-state index is 13.5.